The first-order valence-electron chi connectivity index (χ1n) is 5.84. The zero-order chi connectivity index (χ0) is 11.5. The van der Waals surface area contributed by atoms with Crippen molar-refractivity contribution in [2.45, 2.75) is 38.3 Å². The number of rotatable bonds is 3. The summed E-state index contributed by atoms with van der Waals surface area (Å²) in [4.78, 5) is 2.18. The number of anilines is 1. The van der Waals surface area contributed by atoms with Crippen LogP contribution in [0.4, 0.5) is 10.1 Å². The fourth-order valence-electron chi connectivity index (χ4n) is 2.51. The van der Waals surface area contributed by atoms with E-state index in [1.807, 2.05) is 7.05 Å². The third-order valence-electron chi connectivity index (χ3n) is 3.46. The number of aliphatic hydroxyl groups excluding tert-OH is 1. The second-order valence-corrected chi connectivity index (χ2v) is 4.48. The maximum Gasteiger partial charge on any atom is 0.123 e. The molecule has 1 aliphatic rings. The maximum atomic E-state index is 13.0. The topological polar surface area (TPSA) is 23.5 Å². The van der Waals surface area contributed by atoms with E-state index in [2.05, 4.69) is 4.90 Å². The molecule has 0 bridgehead atoms. The Kier molecular flexibility index (Phi) is 3.44. The van der Waals surface area contributed by atoms with Crippen molar-refractivity contribution < 1.29 is 9.50 Å². The molecule has 1 aliphatic carbocycles. The average Bonchev–Trinajstić information content (AvgIpc) is 2.81. The first-order valence-corrected chi connectivity index (χ1v) is 5.84. The minimum Gasteiger partial charge on any atom is -0.392 e. The Morgan fingerprint density at radius 1 is 1.38 bits per heavy atom. The van der Waals surface area contributed by atoms with Gasteiger partial charge in [0, 0.05) is 24.3 Å². The summed E-state index contributed by atoms with van der Waals surface area (Å²) < 4.78 is 13.0. The fourth-order valence-corrected chi connectivity index (χ4v) is 2.51. The van der Waals surface area contributed by atoms with Crippen LogP contribution in [0.2, 0.25) is 0 Å². The van der Waals surface area contributed by atoms with E-state index >= 15 is 0 Å². The normalized spacial score (nSPS) is 16.7. The van der Waals surface area contributed by atoms with Gasteiger partial charge in [-0.1, -0.05) is 12.8 Å². The Morgan fingerprint density at radius 3 is 2.69 bits per heavy atom. The Hall–Kier alpha value is -1.09. The summed E-state index contributed by atoms with van der Waals surface area (Å²) in [7, 11) is 2.03. The van der Waals surface area contributed by atoms with Crippen LogP contribution in [0.25, 0.3) is 0 Å². The smallest absolute Gasteiger partial charge is 0.123 e. The highest BCUT2D eigenvalue weighted by Crippen LogP contribution is 2.29. The van der Waals surface area contributed by atoms with Crippen LogP contribution in [0.1, 0.15) is 31.2 Å². The highest BCUT2D eigenvalue weighted by molar-refractivity contribution is 5.53. The van der Waals surface area contributed by atoms with Gasteiger partial charge in [-0.05, 0) is 31.0 Å². The van der Waals surface area contributed by atoms with Gasteiger partial charge >= 0.3 is 0 Å². The molecule has 2 rings (SSSR count). The van der Waals surface area contributed by atoms with E-state index in [4.69, 9.17) is 0 Å². The van der Waals surface area contributed by atoms with Crippen molar-refractivity contribution in [1.29, 1.82) is 0 Å². The maximum absolute atomic E-state index is 13.0. The molecule has 0 saturated heterocycles. The molecule has 0 aromatic heterocycles. The summed E-state index contributed by atoms with van der Waals surface area (Å²) >= 11 is 0. The molecule has 1 N–H and O–H groups in total. The van der Waals surface area contributed by atoms with Crippen molar-refractivity contribution in [3.05, 3.63) is 29.6 Å². The Morgan fingerprint density at radius 2 is 2.06 bits per heavy atom. The molecule has 1 saturated carbocycles. The minimum atomic E-state index is -0.285. The SMILES string of the molecule is CN(c1ccc(F)cc1CO)C1CCCC1. The van der Waals surface area contributed by atoms with Crippen LogP contribution in [-0.4, -0.2) is 18.2 Å². The number of hydrogen-bond acceptors (Lipinski definition) is 2. The van der Waals surface area contributed by atoms with Crippen molar-refractivity contribution >= 4 is 5.69 Å². The van der Waals surface area contributed by atoms with E-state index in [9.17, 15) is 9.50 Å². The molecule has 2 nitrogen and oxygen atoms in total. The van der Waals surface area contributed by atoms with Gasteiger partial charge in [-0.15, -0.1) is 0 Å². The number of benzene rings is 1. The van der Waals surface area contributed by atoms with Gasteiger partial charge in [-0.25, -0.2) is 4.39 Å². The number of hydrogen-bond donors (Lipinski definition) is 1. The van der Waals surface area contributed by atoms with Crippen LogP contribution in [0, 0.1) is 5.82 Å². The van der Waals surface area contributed by atoms with Gasteiger partial charge in [0.1, 0.15) is 5.82 Å². The monoisotopic (exact) mass is 223 g/mol. The zero-order valence-corrected chi connectivity index (χ0v) is 9.62. The fraction of sp³-hybridized carbons (Fsp3) is 0.538. The Bertz CT molecular complexity index is 361. The third-order valence-corrected chi connectivity index (χ3v) is 3.46. The molecule has 0 radical (unpaired) electrons. The third kappa shape index (κ3) is 2.19. The molecule has 0 heterocycles. The lowest BCUT2D eigenvalue weighted by molar-refractivity contribution is 0.281. The molecule has 0 amide bonds. The highest BCUT2D eigenvalue weighted by atomic mass is 19.1. The molecule has 0 aliphatic heterocycles. The molecule has 1 aromatic carbocycles. The second kappa shape index (κ2) is 4.83. The molecule has 3 heteroatoms. The van der Waals surface area contributed by atoms with E-state index in [1.54, 1.807) is 6.07 Å². The summed E-state index contributed by atoms with van der Waals surface area (Å²) in [6, 6.07) is 5.18. The van der Waals surface area contributed by atoms with E-state index < -0.39 is 0 Å². The molecular formula is C13H18FNO. The van der Waals surface area contributed by atoms with Crippen LogP contribution < -0.4 is 4.90 Å². The van der Waals surface area contributed by atoms with E-state index in [0.717, 1.165) is 5.69 Å². The summed E-state index contributed by atoms with van der Waals surface area (Å²) in [5.74, 6) is -0.285. The van der Waals surface area contributed by atoms with Crippen molar-refractivity contribution in [2.75, 3.05) is 11.9 Å². The molecule has 88 valence electrons. The van der Waals surface area contributed by atoms with Crippen molar-refractivity contribution in [2.24, 2.45) is 0 Å². The predicted molar refractivity (Wildman–Crippen MR) is 63.0 cm³/mol. The summed E-state index contributed by atoms with van der Waals surface area (Å²) in [6.07, 6.45) is 4.92. The first kappa shape index (κ1) is 11.4. The lowest BCUT2D eigenvalue weighted by Gasteiger charge is -2.28. The van der Waals surface area contributed by atoms with Gasteiger partial charge in [-0.2, -0.15) is 0 Å². The molecule has 1 fully saturated rings. The lowest BCUT2D eigenvalue weighted by Crippen LogP contribution is -2.29. The molecule has 0 unspecified atom stereocenters. The van der Waals surface area contributed by atoms with Crippen LogP contribution in [0.15, 0.2) is 18.2 Å². The minimum absolute atomic E-state index is 0.107. The van der Waals surface area contributed by atoms with Gasteiger partial charge in [0.2, 0.25) is 0 Å². The number of halogens is 1. The van der Waals surface area contributed by atoms with Gasteiger partial charge in [0.05, 0.1) is 6.61 Å². The standard InChI is InChI=1S/C13H18FNO/c1-15(12-4-2-3-5-12)13-7-6-11(14)8-10(13)9-16/h6-8,12,16H,2-5,9H2,1H3. The van der Waals surface area contributed by atoms with Crippen molar-refractivity contribution in [1.82, 2.24) is 0 Å². The summed E-state index contributed by atoms with van der Waals surface area (Å²) in [5.41, 5.74) is 1.63. The zero-order valence-electron chi connectivity index (χ0n) is 9.62. The van der Waals surface area contributed by atoms with Crippen LogP contribution in [0.5, 0.6) is 0 Å². The van der Waals surface area contributed by atoms with Gasteiger partial charge in [0.25, 0.3) is 0 Å². The van der Waals surface area contributed by atoms with Gasteiger partial charge in [0.15, 0.2) is 0 Å². The average molecular weight is 223 g/mol. The second-order valence-electron chi connectivity index (χ2n) is 4.48. The molecular weight excluding hydrogens is 205 g/mol. The lowest BCUT2D eigenvalue weighted by atomic mass is 10.1. The Balaban J connectivity index is 2.24. The molecule has 0 spiro atoms. The van der Waals surface area contributed by atoms with E-state index in [-0.39, 0.29) is 12.4 Å². The summed E-state index contributed by atoms with van der Waals surface area (Å²) in [6.45, 7) is -0.107. The Labute approximate surface area is 95.7 Å². The first-order chi connectivity index (χ1) is 7.72. The van der Waals surface area contributed by atoms with Gasteiger partial charge in [-0.3, -0.25) is 0 Å². The summed E-state index contributed by atoms with van der Waals surface area (Å²) in [5, 5.41) is 9.24. The number of aliphatic hydroxyl groups is 1. The molecule has 0 atom stereocenters. The highest BCUT2D eigenvalue weighted by Gasteiger charge is 2.21. The molecule has 1 aromatic rings. The largest absolute Gasteiger partial charge is 0.392 e. The quantitative estimate of drug-likeness (QED) is 0.851. The van der Waals surface area contributed by atoms with Gasteiger partial charge < -0.3 is 10.0 Å². The number of nitrogens with zero attached hydrogens (tertiary/aromatic N) is 1. The van der Waals surface area contributed by atoms with Crippen LogP contribution in [-0.2, 0) is 6.61 Å². The van der Waals surface area contributed by atoms with Crippen LogP contribution in [0.3, 0.4) is 0 Å². The van der Waals surface area contributed by atoms with Crippen molar-refractivity contribution in [3.63, 3.8) is 0 Å². The molecule has 16 heavy (non-hydrogen) atoms. The van der Waals surface area contributed by atoms with Crippen LogP contribution >= 0.6 is 0 Å². The van der Waals surface area contributed by atoms with E-state index in [1.165, 1.54) is 37.8 Å². The van der Waals surface area contributed by atoms with E-state index in [0.29, 0.717) is 11.6 Å². The predicted octanol–water partition coefficient (Wildman–Crippen LogP) is 2.70. The van der Waals surface area contributed by atoms with Crippen molar-refractivity contribution in [3.8, 4) is 0 Å².